The van der Waals surface area contributed by atoms with Crippen LogP contribution in [0.25, 0.3) is 0 Å². The summed E-state index contributed by atoms with van der Waals surface area (Å²) >= 11 is 0. The molecule has 0 fully saturated rings. The molecule has 9 heteroatoms. The molecule has 2 aromatic rings. The van der Waals surface area contributed by atoms with Gasteiger partial charge in [-0.05, 0) is 29.3 Å². The van der Waals surface area contributed by atoms with Gasteiger partial charge in [-0.3, -0.25) is 4.99 Å². The normalized spacial score (nSPS) is 19.6. The summed E-state index contributed by atoms with van der Waals surface area (Å²) in [6, 6.07) is 10.8. The third kappa shape index (κ3) is 5.20. The van der Waals surface area contributed by atoms with Gasteiger partial charge in [-0.1, -0.05) is 37.3 Å². The number of halogens is 6. The highest BCUT2D eigenvalue weighted by molar-refractivity contribution is 5.84. The highest BCUT2D eigenvalue weighted by atomic mass is 19.4. The summed E-state index contributed by atoms with van der Waals surface area (Å²) in [6.07, 6.45) is -9.10. The largest absolute Gasteiger partial charge is 0.416 e. The molecule has 0 N–H and O–H groups in total. The van der Waals surface area contributed by atoms with E-state index in [4.69, 9.17) is 9.73 Å². The van der Waals surface area contributed by atoms with Crippen molar-refractivity contribution in [2.24, 2.45) is 4.99 Å². The molecular formula is C22H22F6N2O. The fraction of sp³-hybridized carbons (Fsp3) is 0.409. The summed E-state index contributed by atoms with van der Waals surface area (Å²) in [5.74, 6) is 0.853. The van der Waals surface area contributed by atoms with Gasteiger partial charge in [0.15, 0.2) is 0 Å². The maximum Gasteiger partial charge on any atom is 0.416 e. The SMILES string of the molecule is CCC1=NC(COCc2cc(C(F)(F)F)cc(C(F)(F)F)c2)(c2ccccc2)CN1C. The molecule has 1 aliphatic heterocycles. The zero-order valence-electron chi connectivity index (χ0n) is 17.0. The van der Waals surface area contributed by atoms with E-state index in [-0.39, 0.29) is 18.2 Å². The maximum absolute atomic E-state index is 13.1. The van der Waals surface area contributed by atoms with Gasteiger partial charge in [0, 0.05) is 13.5 Å². The number of amidine groups is 1. The molecule has 0 radical (unpaired) electrons. The number of alkyl halides is 6. The fourth-order valence-electron chi connectivity index (χ4n) is 3.71. The van der Waals surface area contributed by atoms with E-state index in [0.717, 1.165) is 11.4 Å². The molecular weight excluding hydrogens is 422 g/mol. The van der Waals surface area contributed by atoms with Crippen LogP contribution in [0, 0.1) is 0 Å². The summed E-state index contributed by atoms with van der Waals surface area (Å²) in [6.45, 7) is 2.07. The minimum atomic E-state index is -4.89. The van der Waals surface area contributed by atoms with Gasteiger partial charge in [0.25, 0.3) is 0 Å². The number of hydrogen-bond acceptors (Lipinski definition) is 3. The predicted octanol–water partition coefficient (Wildman–Crippen LogP) is 5.89. The molecule has 0 saturated heterocycles. The molecule has 2 aromatic carbocycles. The van der Waals surface area contributed by atoms with Crippen LogP contribution in [-0.2, 0) is 29.2 Å². The van der Waals surface area contributed by atoms with E-state index in [1.807, 2.05) is 49.2 Å². The summed E-state index contributed by atoms with van der Waals surface area (Å²) in [5, 5.41) is 0. The Labute approximate surface area is 176 Å². The van der Waals surface area contributed by atoms with Gasteiger partial charge >= 0.3 is 12.4 Å². The number of aliphatic imine (C=N–C) groups is 1. The lowest BCUT2D eigenvalue weighted by Gasteiger charge is -2.27. The van der Waals surface area contributed by atoms with Crippen LogP contribution in [0.3, 0.4) is 0 Å². The Bertz CT molecular complexity index is 907. The zero-order chi connectivity index (χ0) is 22.9. The van der Waals surface area contributed by atoms with Crippen molar-refractivity contribution in [2.75, 3.05) is 20.2 Å². The van der Waals surface area contributed by atoms with E-state index in [1.165, 1.54) is 0 Å². The summed E-state index contributed by atoms with van der Waals surface area (Å²) < 4.78 is 84.1. The van der Waals surface area contributed by atoms with Gasteiger partial charge in [-0.2, -0.15) is 26.3 Å². The number of ether oxygens (including phenoxy) is 1. The Hall–Kier alpha value is -2.55. The zero-order valence-corrected chi connectivity index (χ0v) is 17.0. The molecule has 0 aliphatic carbocycles. The molecule has 3 rings (SSSR count). The molecule has 1 atom stereocenters. The monoisotopic (exact) mass is 444 g/mol. The summed E-state index contributed by atoms with van der Waals surface area (Å²) in [5.41, 5.74) is -2.83. The van der Waals surface area contributed by atoms with E-state index in [9.17, 15) is 26.3 Å². The van der Waals surface area contributed by atoms with Gasteiger partial charge in [-0.15, -0.1) is 0 Å². The topological polar surface area (TPSA) is 24.8 Å². The van der Waals surface area contributed by atoms with Crippen LogP contribution >= 0.6 is 0 Å². The average Bonchev–Trinajstić information content (AvgIpc) is 3.04. The number of likely N-dealkylation sites (N-methyl/N-ethyl adjacent to an activating group) is 1. The molecule has 1 unspecified atom stereocenters. The van der Waals surface area contributed by atoms with E-state index < -0.39 is 35.6 Å². The van der Waals surface area contributed by atoms with Crippen LogP contribution in [0.2, 0.25) is 0 Å². The number of hydrogen-bond donors (Lipinski definition) is 0. The standard InChI is InChI=1S/C22H22F6N2O/c1-3-19-29-20(13-30(19)2,16-7-5-4-6-8-16)14-31-12-15-9-17(21(23,24)25)11-18(10-15)22(26,27)28/h4-11H,3,12-14H2,1-2H3. The molecule has 0 aromatic heterocycles. The minimum absolute atomic E-state index is 0.0163. The minimum Gasteiger partial charge on any atom is -0.374 e. The molecule has 0 amide bonds. The summed E-state index contributed by atoms with van der Waals surface area (Å²) in [7, 11) is 1.88. The third-order valence-corrected chi connectivity index (χ3v) is 5.17. The van der Waals surface area contributed by atoms with Gasteiger partial charge in [0.1, 0.15) is 5.54 Å². The Morgan fingerprint density at radius 1 is 0.968 bits per heavy atom. The Morgan fingerprint density at radius 2 is 1.55 bits per heavy atom. The lowest BCUT2D eigenvalue weighted by atomic mass is 9.92. The number of rotatable bonds is 6. The highest BCUT2D eigenvalue weighted by Gasteiger charge is 2.40. The lowest BCUT2D eigenvalue weighted by Crippen LogP contribution is -2.36. The van der Waals surface area contributed by atoms with E-state index in [0.29, 0.717) is 25.1 Å². The van der Waals surface area contributed by atoms with Crippen molar-refractivity contribution in [3.63, 3.8) is 0 Å². The van der Waals surface area contributed by atoms with Crippen LogP contribution in [0.15, 0.2) is 53.5 Å². The predicted molar refractivity (Wildman–Crippen MR) is 105 cm³/mol. The molecule has 0 saturated carbocycles. The molecule has 3 nitrogen and oxygen atoms in total. The average molecular weight is 444 g/mol. The van der Waals surface area contributed by atoms with Crippen LogP contribution in [0.4, 0.5) is 26.3 Å². The van der Waals surface area contributed by atoms with Gasteiger partial charge in [-0.25, -0.2) is 0 Å². The second-order valence-corrected chi connectivity index (χ2v) is 7.54. The summed E-state index contributed by atoms with van der Waals surface area (Å²) in [4.78, 5) is 6.77. The molecule has 31 heavy (non-hydrogen) atoms. The first-order valence-corrected chi connectivity index (χ1v) is 9.66. The van der Waals surface area contributed by atoms with Crippen LogP contribution < -0.4 is 0 Å². The fourth-order valence-corrected chi connectivity index (χ4v) is 3.71. The van der Waals surface area contributed by atoms with Crippen molar-refractivity contribution < 1.29 is 31.1 Å². The third-order valence-electron chi connectivity index (χ3n) is 5.17. The van der Waals surface area contributed by atoms with Gasteiger partial charge in [0.05, 0.1) is 36.7 Å². The lowest BCUT2D eigenvalue weighted by molar-refractivity contribution is -0.143. The Kier molecular flexibility index (Phi) is 6.36. The van der Waals surface area contributed by atoms with Crippen molar-refractivity contribution in [1.82, 2.24) is 4.90 Å². The van der Waals surface area contributed by atoms with Gasteiger partial charge in [0.2, 0.25) is 0 Å². The quantitative estimate of drug-likeness (QED) is 0.519. The van der Waals surface area contributed by atoms with E-state index in [2.05, 4.69) is 0 Å². The van der Waals surface area contributed by atoms with Crippen molar-refractivity contribution in [1.29, 1.82) is 0 Å². The van der Waals surface area contributed by atoms with Crippen molar-refractivity contribution in [3.8, 4) is 0 Å². The molecule has 0 bridgehead atoms. The molecule has 1 heterocycles. The first-order valence-electron chi connectivity index (χ1n) is 9.66. The van der Waals surface area contributed by atoms with Crippen molar-refractivity contribution >= 4 is 5.84 Å². The molecule has 1 aliphatic rings. The van der Waals surface area contributed by atoms with Crippen LogP contribution in [0.5, 0.6) is 0 Å². The second kappa shape index (κ2) is 8.53. The number of benzene rings is 2. The molecule has 168 valence electrons. The smallest absolute Gasteiger partial charge is 0.374 e. The second-order valence-electron chi connectivity index (χ2n) is 7.54. The first kappa shape index (κ1) is 23.1. The highest BCUT2D eigenvalue weighted by Crippen LogP contribution is 2.37. The van der Waals surface area contributed by atoms with Crippen LogP contribution in [-0.4, -0.2) is 30.9 Å². The first-order chi connectivity index (χ1) is 14.4. The van der Waals surface area contributed by atoms with E-state index in [1.54, 1.807) is 0 Å². The Balaban J connectivity index is 1.86. The van der Waals surface area contributed by atoms with Gasteiger partial charge < -0.3 is 9.64 Å². The van der Waals surface area contributed by atoms with Crippen molar-refractivity contribution in [3.05, 3.63) is 70.8 Å². The molecule has 0 spiro atoms. The van der Waals surface area contributed by atoms with Crippen LogP contribution in [0.1, 0.15) is 35.6 Å². The maximum atomic E-state index is 13.1. The van der Waals surface area contributed by atoms with E-state index >= 15 is 0 Å². The number of nitrogens with zero attached hydrogens (tertiary/aromatic N) is 2. The Morgan fingerprint density at radius 3 is 2.03 bits per heavy atom. The van der Waals surface area contributed by atoms with Crippen molar-refractivity contribution in [2.45, 2.75) is 37.8 Å².